The van der Waals surface area contributed by atoms with Gasteiger partial charge in [0, 0.05) is 27.6 Å². The molecule has 0 fully saturated rings. The summed E-state index contributed by atoms with van der Waals surface area (Å²) in [5.74, 6) is 0.935. The van der Waals surface area contributed by atoms with E-state index in [1.165, 1.54) is 37.9 Å². The number of thioether (sulfide) groups is 1. The average molecular weight is 630 g/mol. The molecule has 1 atom stereocenters. The first kappa shape index (κ1) is 30.6. The summed E-state index contributed by atoms with van der Waals surface area (Å²) >= 11 is 1.87. The van der Waals surface area contributed by atoms with Crippen LogP contribution >= 0.6 is 11.8 Å². The molecule has 6 aromatic rings. The van der Waals surface area contributed by atoms with Crippen LogP contribution < -0.4 is 16.8 Å². The Morgan fingerprint density at radius 1 is 0.702 bits per heavy atom. The second kappa shape index (κ2) is 14.2. The van der Waals surface area contributed by atoms with E-state index in [-0.39, 0.29) is 6.17 Å². The fourth-order valence-corrected chi connectivity index (χ4v) is 7.41. The lowest BCUT2D eigenvalue weighted by Crippen LogP contribution is -2.27. The zero-order valence-corrected chi connectivity index (χ0v) is 27.2. The molecule has 3 nitrogen and oxygen atoms in total. The van der Waals surface area contributed by atoms with Crippen molar-refractivity contribution < 1.29 is 0 Å². The van der Waals surface area contributed by atoms with Crippen LogP contribution in [0.1, 0.15) is 46.0 Å². The molecule has 0 bridgehead atoms. The Morgan fingerprint density at radius 3 is 2.17 bits per heavy atom. The van der Waals surface area contributed by atoms with E-state index in [1.807, 2.05) is 23.9 Å². The number of hydrogen-bond acceptors (Lipinski definition) is 4. The summed E-state index contributed by atoms with van der Waals surface area (Å²) in [7, 11) is 0. The van der Waals surface area contributed by atoms with Crippen LogP contribution in [0, 0.1) is 0 Å². The van der Waals surface area contributed by atoms with Crippen LogP contribution in [0.2, 0.25) is 0 Å². The van der Waals surface area contributed by atoms with Gasteiger partial charge in [0.2, 0.25) is 0 Å². The molecule has 1 unspecified atom stereocenters. The molecule has 0 aliphatic heterocycles. The van der Waals surface area contributed by atoms with Crippen LogP contribution in [0.25, 0.3) is 33.3 Å². The minimum atomic E-state index is -0.374. The average Bonchev–Trinajstić information content (AvgIpc) is 3.14. The normalized spacial score (nSPS) is 13.8. The molecule has 0 amide bonds. The van der Waals surface area contributed by atoms with Gasteiger partial charge in [-0.25, -0.2) is 0 Å². The SMILES string of the molecule is NC1=C(SCc2ccccc2)CCc2ccc3cc(-c4cccc(C(N)N/C(=C\Cc5ccccc5)c5ccccc5)c4)ccc3c21. The number of aryl methyl sites for hydroxylation is 1. The Morgan fingerprint density at radius 2 is 1.40 bits per heavy atom. The molecule has 0 saturated carbocycles. The largest absolute Gasteiger partial charge is 0.398 e. The van der Waals surface area contributed by atoms with Gasteiger partial charge in [0.1, 0.15) is 6.17 Å². The zero-order chi connectivity index (χ0) is 32.0. The van der Waals surface area contributed by atoms with Crippen molar-refractivity contribution >= 4 is 33.9 Å². The maximum absolute atomic E-state index is 6.89. The number of nitrogens with one attached hydrogen (secondary N) is 1. The quantitative estimate of drug-likeness (QED) is 0.132. The number of nitrogens with two attached hydrogens (primary N) is 2. The number of fused-ring (bicyclic) bond motifs is 3. The number of rotatable bonds is 10. The molecule has 0 heterocycles. The molecule has 47 heavy (non-hydrogen) atoms. The van der Waals surface area contributed by atoms with E-state index < -0.39 is 0 Å². The lowest BCUT2D eigenvalue weighted by molar-refractivity contribution is 0.666. The minimum absolute atomic E-state index is 0.374. The van der Waals surface area contributed by atoms with E-state index in [4.69, 9.17) is 11.5 Å². The molecular formula is C43H39N3S. The van der Waals surface area contributed by atoms with Gasteiger partial charge in [-0.1, -0.05) is 140 Å². The minimum Gasteiger partial charge on any atom is -0.398 e. The van der Waals surface area contributed by atoms with Crippen LogP contribution in [0.4, 0.5) is 0 Å². The third-order valence-electron chi connectivity index (χ3n) is 8.91. The topological polar surface area (TPSA) is 64.1 Å². The van der Waals surface area contributed by atoms with Gasteiger partial charge in [0.05, 0.1) is 0 Å². The van der Waals surface area contributed by atoms with E-state index >= 15 is 0 Å². The highest BCUT2D eigenvalue weighted by atomic mass is 32.2. The maximum atomic E-state index is 6.89. The summed E-state index contributed by atoms with van der Waals surface area (Å²) in [6.07, 6.45) is 4.68. The van der Waals surface area contributed by atoms with Crippen molar-refractivity contribution in [2.24, 2.45) is 11.5 Å². The van der Waals surface area contributed by atoms with Gasteiger partial charge in [-0.05, 0) is 81.1 Å². The third-order valence-corrected chi connectivity index (χ3v) is 10.2. The number of allylic oxidation sites excluding steroid dienone is 2. The maximum Gasteiger partial charge on any atom is 0.101 e. The van der Waals surface area contributed by atoms with Crippen LogP contribution in [0.3, 0.4) is 0 Å². The molecule has 1 aliphatic carbocycles. The predicted octanol–water partition coefficient (Wildman–Crippen LogP) is 9.84. The van der Waals surface area contributed by atoms with E-state index in [1.54, 1.807) is 0 Å². The summed E-state index contributed by atoms with van der Waals surface area (Å²) in [4.78, 5) is 1.29. The Labute approximate surface area is 282 Å². The monoisotopic (exact) mass is 629 g/mol. The summed E-state index contributed by atoms with van der Waals surface area (Å²) in [6.45, 7) is 0. The molecule has 7 rings (SSSR count). The Kier molecular flexibility index (Phi) is 9.23. The van der Waals surface area contributed by atoms with Crippen molar-refractivity contribution in [2.45, 2.75) is 31.2 Å². The molecule has 5 N–H and O–H groups in total. The third kappa shape index (κ3) is 7.05. The van der Waals surface area contributed by atoms with Gasteiger partial charge in [-0.15, -0.1) is 11.8 Å². The Bertz CT molecular complexity index is 2050. The standard InChI is InChI=1S/C43H39N3S/c44-42-40(47-29-31-13-6-2-7-14-31)26-23-33-20-21-36-27-35(22-24-38(36)41(33)42)34-17-10-18-37(28-34)43(45)46-39(32-15-8-3-9-16-32)25-19-30-11-4-1-5-12-30/h1-18,20-22,24-25,27-28,43,46H,19,23,26,29,44-45H2/b39-25-. The van der Waals surface area contributed by atoms with Crippen molar-refractivity contribution in [2.75, 3.05) is 0 Å². The first-order valence-corrected chi connectivity index (χ1v) is 17.2. The molecule has 232 valence electrons. The molecule has 0 radical (unpaired) electrons. The van der Waals surface area contributed by atoms with Crippen molar-refractivity contribution in [3.8, 4) is 11.1 Å². The van der Waals surface area contributed by atoms with Crippen LogP contribution in [0.5, 0.6) is 0 Å². The molecule has 1 aliphatic rings. The lowest BCUT2D eigenvalue weighted by Gasteiger charge is -2.23. The molecule has 6 aromatic carbocycles. The van der Waals surface area contributed by atoms with E-state index in [2.05, 4.69) is 145 Å². The fourth-order valence-electron chi connectivity index (χ4n) is 6.37. The van der Waals surface area contributed by atoms with Crippen LogP contribution in [-0.4, -0.2) is 0 Å². The van der Waals surface area contributed by atoms with Gasteiger partial charge in [0.15, 0.2) is 0 Å². The van der Waals surface area contributed by atoms with Gasteiger partial charge >= 0.3 is 0 Å². The highest BCUT2D eigenvalue weighted by Crippen LogP contribution is 2.40. The highest BCUT2D eigenvalue weighted by Gasteiger charge is 2.20. The van der Waals surface area contributed by atoms with Crippen molar-refractivity contribution in [1.29, 1.82) is 0 Å². The van der Waals surface area contributed by atoms with E-state index in [0.717, 1.165) is 58.7 Å². The first-order valence-electron chi connectivity index (χ1n) is 16.3. The second-order valence-electron chi connectivity index (χ2n) is 12.1. The lowest BCUT2D eigenvalue weighted by atomic mass is 9.88. The molecule has 0 aromatic heterocycles. The highest BCUT2D eigenvalue weighted by molar-refractivity contribution is 8.02. The first-order chi connectivity index (χ1) is 23.1. The van der Waals surface area contributed by atoms with E-state index in [0.29, 0.717) is 0 Å². The summed E-state index contributed by atoms with van der Waals surface area (Å²) in [5, 5.41) is 6.02. The fraction of sp³-hybridized carbons (Fsp3) is 0.116. The van der Waals surface area contributed by atoms with Crippen LogP contribution in [0.15, 0.2) is 157 Å². The summed E-state index contributed by atoms with van der Waals surface area (Å²) in [6, 6.07) is 51.3. The Balaban J connectivity index is 1.14. The van der Waals surface area contributed by atoms with Gasteiger partial charge in [-0.2, -0.15) is 0 Å². The molecule has 0 spiro atoms. The summed E-state index contributed by atoms with van der Waals surface area (Å²) in [5.41, 5.74) is 25.2. The van der Waals surface area contributed by atoms with Crippen molar-refractivity contribution in [1.82, 2.24) is 5.32 Å². The molecular weight excluding hydrogens is 591 g/mol. The Hall–Kier alpha value is -5.03. The zero-order valence-electron chi connectivity index (χ0n) is 26.4. The smallest absolute Gasteiger partial charge is 0.101 e. The number of hydrogen-bond donors (Lipinski definition) is 3. The second-order valence-corrected chi connectivity index (χ2v) is 13.1. The van der Waals surface area contributed by atoms with Gasteiger partial charge in [0.25, 0.3) is 0 Å². The van der Waals surface area contributed by atoms with Crippen LogP contribution in [-0.2, 0) is 18.6 Å². The van der Waals surface area contributed by atoms with Crippen molar-refractivity contribution in [3.05, 3.63) is 190 Å². The molecule has 4 heteroatoms. The molecule has 0 saturated heterocycles. The van der Waals surface area contributed by atoms with E-state index in [9.17, 15) is 0 Å². The predicted molar refractivity (Wildman–Crippen MR) is 201 cm³/mol. The van der Waals surface area contributed by atoms with Crippen molar-refractivity contribution in [3.63, 3.8) is 0 Å². The summed E-state index contributed by atoms with van der Waals surface area (Å²) < 4.78 is 0. The number of benzene rings is 6. The van der Waals surface area contributed by atoms with Gasteiger partial charge < -0.3 is 16.8 Å². The van der Waals surface area contributed by atoms with Gasteiger partial charge in [-0.3, -0.25) is 0 Å².